The number of aromatic carboxylic acids is 1. The molecular weight excluding hydrogens is 250 g/mol. The van der Waals surface area contributed by atoms with E-state index in [1.54, 1.807) is 12.1 Å². The molecule has 2 unspecified atom stereocenters. The number of hydrogen-bond acceptors (Lipinski definition) is 2. The number of rotatable bonds is 2. The van der Waals surface area contributed by atoms with Crippen molar-refractivity contribution in [3.63, 3.8) is 0 Å². The molecule has 0 spiro atoms. The second-order valence-electron chi connectivity index (χ2n) is 5.02. The van der Waals surface area contributed by atoms with E-state index in [-0.39, 0.29) is 5.56 Å². The zero-order chi connectivity index (χ0) is 13.3. The minimum Gasteiger partial charge on any atom is -0.478 e. The predicted molar refractivity (Wildman–Crippen MR) is 73.6 cm³/mol. The van der Waals surface area contributed by atoms with Gasteiger partial charge in [0.15, 0.2) is 0 Å². The Balaban J connectivity index is 2.28. The van der Waals surface area contributed by atoms with Crippen molar-refractivity contribution in [1.82, 2.24) is 0 Å². The molecule has 1 aliphatic rings. The van der Waals surface area contributed by atoms with Gasteiger partial charge in [0.25, 0.3) is 0 Å². The van der Waals surface area contributed by atoms with Crippen LogP contribution >= 0.6 is 11.6 Å². The predicted octanol–water partition coefficient (Wildman–Crippen LogP) is 3.66. The Kier molecular flexibility index (Phi) is 3.81. The molecule has 0 bridgehead atoms. The topological polar surface area (TPSA) is 40.5 Å². The van der Waals surface area contributed by atoms with Crippen molar-refractivity contribution in [2.24, 2.45) is 5.92 Å². The molecule has 0 amide bonds. The molecule has 0 radical (unpaired) electrons. The first kappa shape index (κ1) is 13.2. The van der Waals surface area contributed by atoms with Crippen molar-refractivity contribution < 1.29 is 9.90 Å². The fourth-order valence-corrected chi connectivity index (χ4v) is 2.81. The summed E-state index contributed by atoms with van der Waals surface area (Å²) in [6.07, 6.45) is 2.42. The van der Waals surface area contributed by atoms with E-state index < -0.39 is 5.97 Å². The van der Waals surface area contributed by atoms with Crippen LogP contribution in [0.3, 0.4) is 0 Å². The third-order valence-corrected chi connectivity index (χ3v) is 4.20. The molecule has 1 N–H and O–H groups in total. The molecule has 2 rings (SSSR count). The van der Waals surface area contributed by atoms with Crippen LogP contribution in [0.15, 0.2) is 18.2 Å². The molecule has 1 aromatic rings. The molecular formula is C14H18ClNO2. The van der Waals surface area contributed by atoms with Crippen LogP contribution in [-0.4, -0.2) is 23.7 Å². The Labute approximate surface area is 112 Å². The van der Waals surface area contributed by atoms with E-state index in [0.717, 1.165) is 12.2 Å². The second kappa shape index (κ2) is 5.19. The number of halogens is 1. The molecule has 1 aromatic carbocycles. The van der Waals surface area contributed by atoms with E-state index in [2.05, 4.69) is 18.7 Å². The van der Waals surface area contributed by atoms with E-state index in [1.807, 2.05) is 6.07 Å². The van der Waals surface area contributed by atoms with Crippen molar-refractivity contribution in [3.05, 3.63) is 28.8 Å². The second-order valence-corrected chi connectivity index (χ2v) is 5.43. The number of anilines is 1. The highest BCUT2D eigenvalue weighted by molar-refractivity contribution is 6.33. The SMILES string of the molecule is CC1CCCN(c2ccc(C(=O)O)c(Cl)c2)C1C. The van der Waals surface area contributed by atoms with Crippen LogP contribution in [0.4, 0.5) is 5.69 Å². The number of carboxylic acids is 1. The summed E-state index contributed by atoms with van der Waals surface area (Å²) in [5, 5.41) is 9.27. The number of carboxylic acid groups (broad SMARTS) is 1. The lowest BCUT2D eigenvalue weighted by Crippen LogP contribution is -2.42. The van der Waals surface area contributed by atoms with Gasteiger partial charge in [-0.05, 0) is 43.9 Å². The van der Waals surface area contributed by atoms with Crippen molar-refractivity contribution in [1.29, 1.82) is 0 Å². The Morgan fingerprint density at radius 3 is 2.78 bits per heavy atom. The average molecular weight is 268 g/mol. The number of piperidine rings is 1. The zero-order valence-corrected chi connectivity index (χ0v) is 11.4. The standard InChI is InChI=1S/C14H18ClNO2/c1-9-4-3-7-16(10(9)2)11-5-6-12(14(17)18)13(15)8-11/h5-6,8-10H,3-4,7H2,1-2H3,(H,17,18). The number of benzene rings is 1. The lowest BCUT2D eigenvalue weighted by atomic mass is 9.91. The average Bonchev–Trinajstić information content (AvgIpc) is 2.32. The maximum atomic E-state index is 10.9. The van der Waals surface area contributed by atoms with Gasteiger partial charge in [-0.3, -0.25) is 0 Å². The van der Waals surface area contributed by atoms with Crippen LogP contribution in [0, 0.1) is 5.92 Å². The van der Waals surface area contributed by atoms with E-state index in [4.69, 9.17) is 16.7 Å². The normalized spacial score (nSPS) is 24.1. The summed E-state index contributed by atoms with van der Waals surface area (Å²) in [7, 11) is 0. The van der Waals surface area contributed by atoms with Gasteiger partial charge < -0.3 is 10.0 Å². The minimum absolute atomic E-state index is 0.165. The Hall–Kier alpha value is -1.22. The highest BCUT2D eigenvalue weighted by Crippen LogP contribution is 2.31. The molecule has 1 fully saturated rings. The van der Waals surface area contributed by atoms with Gasteiger partial charge in [0.1, 0.15) is 0 Å². The summed E-state index contributed by atoms with van der Waals surface area (Å²) >= 11 is 6.02. The summed E-state index contributed by atoms with van der Waals surface area (Å²) in [5.74, 6) is -0.330. The van der Waals surface area contributed by atoms with Gasteiger partial charge in [-0.1, -0.05) is 18.5 Å². The lowest BCUT2D eigenvalue weighted by Gasteiger charge is -2.39. The van der Waals surface area contributed by atoms with Gasteiger partial charge in [0.2, 0.25) is 0 Å². The van der Waals surface area contributed by atoms with Crippen molar-refractivity contribution in [3.8, 4) is 0 Å². The van der Waals surface area contributed by atoms with Crippen LogP contribution in [0.5, 0.6) is 0 Å². The van der Waals surface area contributed by atoms with Gasteiger partial charge in [0, 0.05) is 18.3 Å². The zero-order valence-electron chi connectivity index (χ0n) is 10.7. The molecule has 0 aliphatic carbocycles. The third kappa shape index (κ3) is 2.46. The summed E-state index contributed by atoms with van der Waals surface area (Å²) in [4.78, 5) is 13.2. The quantitative estimate of drug-likeness (QED) is 0.889. The monoisotopic (exact) mass is 267 g/mol. The van der Waals surface area contributed by atoms with Crippen LogP contribution in [0.1, 0.15) is 37.0 Å². The summed E-state index contributed by atoms with van der Waals surface area (Å²) in [6.45, 7) is 5.47. The molecule has 3 nitrogen and oxygen atoms in total. The molecule has 0 aromatic heterocycles. The summed E-state index contributed by atoms with van der Waals surface area (Å²) in [6, 6.07) is 5.67. The van der Waals surface area contributed by atoms with Crippen LogP contribution in [-0.2, 0) is 0 Å². The fourth-order valence-electron chi connectivity index (χ4n) is 2.56. The van der Waals surface area contributed by atoms with Gasteiger partial charge in [-0.2, -0.15) is 0 Å². The van der Waals surface area contributed by atoms with E-state index in [1.165, 1.54) is 12.8 Å². The van der Waals surface area contributed by atoms with Gasteiger partial charge >= 0.3 is 5.97 Å². The molecule has 98 valence electrons. The van der Waals surface area contributed by atoms with E-state index in [9.17, 15) is 4.79 Å². The van der Waals surface area contributed by atoms with Gasteiger partial charge in [-0.25, -0.2) is 4.79 Å². The first-order valence-electron chi connectivity index (χ1n) is 6.30. The lowest BCUT2D eigenvalue weighted by molar-refractivity contribution is 0.0697. The van der Waals surface area contributed by atoms with Crippen molar-refractivity contribution in [2.75, 3.05) is 11.4 Å². The molecule has 1 aliphatic heterocycles. The van der Waals surface area contributed by atoms with Gasteiger partial charge in [0.05, 0.1) is 10.6 Å². The maximum Gasteiger partial charge on any atom is 0.337 e. The van der Waals surface area contributed by atoms with Crippen molar-refractivity contribution >= 4 is 23.3 Å². The smallest absolute Gasteiger partial charge is 0.337 e. The Bertz CT molecular complexity index is 461. The van der Waals surface area contributed by atoms with E-state index in [0.29, 0.717) is 17.0 Å². The van der Waals surface area contributed by atoms with Crippen LogP contribution < -0.4 is 4.90 Å². The largest absolute Gasteiger partial charge is 0.478 e. The number of carbonyl (C=O) groups is 1. The van der Waals surface area contributed by atoms with Crippen LogP contribution in [0.25, 0.3) is 0 Å². The van der Waals surface area contributed by atoms with E-state index >= 15 is 0 Å². The fraction of sp³-hybridized carbons (Fsp3) is 0.500. The molecule has 1 heterocycles. The molecule has 2 atom stereocenters. The minimum atomic E-state index is -0.980. The Morgan fingerprint density at radius 1 is 1.44 bits per heavy atom. The highest BCUT2D eigenvalue weighted by atomic mass is 35.5. The molecule has 0 saturated carbocycles. The maximum absolute atomic E-state index is 10.9. The third-order valence-electron chi connectivity index (χ3n) is 3.89. The molecule has 4 heteroatoms. The Morgan fingerprint density at radius 2 is 2.17 bits per heavy atom. The van der Waals surface area contributed by atoms with Gasteiger partial charge in [-0.15, -0.1) is 0 Å². The molecule has 18 heavy (non-hydrogen) atoms. The first-order chi connectivity index (χ1) is 8.50. The summed E-state index contributed by atoms with van der Waals surface area (Å²) in [5.41, 5.74) is 1.18. The number of hydrogen-bond donors (Lipinski definition) is 1. The molecule has 1 saturated heterocycles. The van der Waals surface area contributed by atoms with Crippen LogP contribution in [0.2, 0.25) is 5.02 Å². The van der Waals surface area contributed by atoms with Crippen molar-refractivity contribution in [2.45, 2.75) is 32.7 Å². The first-order valence-corrected chi connectivity index (χ1v) is 6.68. The number of nitrogens with zero attached hydrogens (tertiary/aromatic N) is 1. The summed E-state index contributed by atoms with van der Waals surface area (Å²) < 4.78 is 0. The highest BCUT2D eigenvalue weighted by Gasteiger charge is 2.25.